The molecule has 82 valence electrons. The zero-order chi connectivity index (χ0) is 11.5. The number of amides is 1. The van der Waals surface area contributed by atoms with Crippen LogP contribution in [0.5, 0.6) is 0 Å². The Bertz CT molecular complexity index is 519. The van der Waals surface area contributed by atoms with Crippen molar-refractivity contribution in [3.05, 3.63) is 48.0 Å². The Morgan fingerprint density at radius 3 is 2.50 bits per heavy atom. The van der Waals surface area contributed by atoms with Crippen LogP contribution in [0.15, 0.2) is 42.5 Å². The van der Waals surface area contributed by atoms with Gasteiger partial charge < -0.3 is 4.90 Å². The summed E-state index contributed by atoms with van der Waals surface area (Å²) in [7, 11) is 1.82. The fourth-order valence-corrected chi connectivity index (χ4v) is 1.72. The predicted molar refractivity (Wildman–Crippen MR) is 66.1 cm³/mol. The van der Waals surface area contributed by atoms with Gasteiger partial charge in [-0.3, -0.25) is 4.79 Å². The van der Waals surface area contributed by atoms with Crippen LogP contribution in [0.3, 0.4) is 0 Å². The van der Waals surface area contributed by atoms with E-state index in [0.717, 1.165) is 5.56 Å². The van der Waals surface area contributed by atoms with E-state index in [1.165, 1.54) is 10.8 Å². The molecule has 0 aromatic heterocycles. The normalized spacial score (nSPS) is 10.4. The molecule has 0 saturated heterocycles. The lowest BCUT2D eigenvalue weighted by Gasteiger charge is -2.15. The SMILES string of the molecule is CC(=O)N(C)Cc1ccc2ccccc2c1. The van der Waals surface area contributed by atoms with E-state index < -0.39 is 0 Å². The molecule has 0 aliphatic rings. The van der Waals surface area contributed by atoms with Crippen molar-refractivity contribution in [3.8, 4) is 0 Å². The van der Waals surface area contributed by atoms with Gasteiger partial charge in [-0.1, -0.05) is 36.4 Å². The maximum Gasteiger partial charge on any atom is 0.219 e. The van der Waals surface area contributed by atoms with Crippen molar-refractivity contribution in [1.82, 2.24) is 4.90 Å². The molecule has 2 nitrogen and oxygen atoms in total. The van der Waals surface area contributed by atoms with Crippen LogP contribution in [-0.2, 0) is 11.3 Å². The summed E-state index contributed by atoms with van der Waals surface area (Å²) in [4.78, 5) is 12.9. The third-order valence-electron chi connectivity index (χ3n) is 2.77. The number of carbonyl (C=O) groups excluding carboxylic acids is 1. The number of hydrogen-bond donors (Lipinski definition) is 0. The Kier molecular flexibility index (Phi) is 2.91. The lowest BCUT2D eigenvalue weighted by molar-refractivity contribution is -0.128. The summed E-state index contributed by atoms with van der Waals surface area (Å²) < 4.78 is 0. The van der Waals surface area contributed by atoms with Gasteiger partial charge in [-0.15, -0.1) is 0 Å². The molecule has 2 aromatic carbocycles. The van der Waals surface area contributed by atoms with Gasteiger partial charge in [-0.05, 0) is 22.4 Å². The third-order valence-corrected chi connectivity index (χ3v) is 2.77. The standard InChI is InChI=1S/C14H15NO/c1-11(16)15(2)10-12-7-8-13-5-3-4-6-14(13)9-12/h3-9H,10H2,1-2H3. The summed E-state index contributed by atoms with van der Waals surface area (Å²) in [5, 5.41) is 2.45. The van der Waals surface area contributed by atoms with Crippen molar-refractivity contribution in [2.75, 3.05) is 7.05 Å². The fourth-order valence-electron chi connectivity index (χ4n) is 1.72. The summed E-state index contributed by atoms with van der Waals surface area (Å²) in [6.07, 6.45) is 0. The molecule has 0 aliphatic heterocycles. The van der Waals surface area contributed by atoms with Gasteiger partial charge in [0.05, 0.1) is 0 Å². The highest BCUT2D eigenvalue weighted by Crippen LogP contribution is 2.16. The summed E-state index contributed by atoms with van der Waals surface area (Å²) in [5.74, 6) is 0.0909. The minimum Gasteiger partial charge on any atom is -0.342 e. The van der Waals surface area contributed by atoms with E-state index in [-0.39, 0.29) is 5.91 Å². The van der Waals surface area contributed by atoms with E-state index >= 15 is 0 Å². The topological polar surface area (TPSA) is 20.3 Å². The zero-order valence-electron chi connectivity index (χ0n) is 9.60. The molecule has 0 bridgehead atoms. The van der Waals surface area contributed by atoms with Gasteiger partial charge in [-0.2, -0.15) is 0 Å². The Morgan fingerprint density at radius 1 is 1.12 bits per heavy atom. The molecule has 0 aliphatic carbocycles. The van der Waals surface area contributed by atoms with Crippen LogP contribution in [0, 0.1) is 0 Å². The van der Waals surface area contributed by atoms with Gasteiger partial charge in [-0.25, -0.2) is 0 Å². The molecule has 0 fully saturated rings. The smallest absolute Gasteiger partial charge is 0.219 e. The first-order valence-corrected chi connectivity index (χ1v) is 5.36. The number of carbonyl (C=O) groups is 1. The molecule has 2 rings (SSSR count). The summed E-state index contributed by atoms with van der Waals surface area (Å²) in [6, 6.07) is 14.5. The average molecular weight is 213 g/mol. The third kappa shape index (κ3) is 2.22. The Hall–Kier alpha value is -1.83. The Morgan fingerprint density at radius 2 is 1.81 bits per heavy atom. The van der Waals surface area contributed by atoms with Crippen LogP contribution in [0.4, 0.5) is 0 Å². The van der Waals surface area contributed by atoms with E-state index in [1.54, 1.807) is 11.8 Å². The maximum absolute atomic E-state index is 11.1. The van der Waals surface area contributed by atoms with Crippen LogP contribution in [0.25, 0.3) is 10.8 Å². The Labute approximate surface area is 95.5 Å². The molecular weight excluding hydrogens is 198 g/mol. The molecule has 0 radical (unpaired) electrons. The Balaban J connectivity index is 2.29. The molecule has 2 heteroatoms. The molecule has 0 saturated carbocycles. The second kappa shape index (κ2) is 4.35. The monoisotopic (exact) mass is 213 g/mol. The highest BCUT2D eigenvalue weighted by atomic mass is 16.2. The summed E-state index contributed by atoms with van der Waals surface area (Å²) in [5.41, 5.74) is 1.16. The lowest BCUT2D eigenvalue weighted by Crippen LogP contribution is -2.22. The first-order chi connectivity index (χ1) is 7.66. The number of fused-ring (bicyclic) bond motifs is 1. The van der Waals surface area contributed by atoms with Gasteiger partial charge >= 0.3 is 0 Å². The van der Waals surface area contributed by atoms with Crippen LogP contribution in [0.1, 0.15) is 12.5 Å². The number of nitrogens with zero attached hydrogens (tertiary/aromatic N) is 1. The minimum absolute atomic E-state index is 0.0909. The van der Waals surface area contributed by atoms with Crippen LogP contribution < -0.4 is 0 Å². The first-order valence-electron chi connectivity index (χ1n) is 5.36. The lowest BCUT2D eigenvalue weighted by atomic mass is 10.1. The summed E-state index contributed by atoms with van der Waals surface area (Å²) >= 11 is 0. The van der Waals surface area contributed by atoms with Crippen LogP contribution in [0.2, 0.25) is 0 Å². The second-order valence-corrected chi connectivity index (χ2v) is 4.06. The van der Waals surface area contributed by atoms with Crippen molar-refractivity contribution < 1.29 is 4.79 Å². The summed E-state index contributed by atoms with van der Waals surface area (Å²) in [6.45, 7) is 2.25. The molecule has 0 heterocycles. The van der Waals surface area contributed by atoms with Gasteiger partial charge in [0.25, 0.3) is 0 Å². The highest BCUT2D eigenvalue weighted by molar-refractivity contribution is 5.83. The van der Waals surface area contributed by atoms with E-state index in [2.05, 4.69) is 30.3 Å². The molecule has 0 N–H and O–H groups in total. The van der Waals surface area contributed by atoms with Crippen molar-refractivity contribution >= 4 is 16.7 Å². The van der Waals surface area contributed by atoms with Crippen molar-refractivity contribution in [2.45, 2.75) is 13.5 Å². The molecule has 1 amide bonds. The highest BCUT2D eigenvalue weighted by Gasteiger charge is 2.03. The zero-order valence-corrected chi connectivity index (χ0v) is 9.60. The van der Waals surface area contributed by atoms with E-state index in [4.69, 9.17) is 0 Å². The molecular formula is C14H15NO. The molecule has 2 aromatic rings. The van der Waals surface area contributed by atoms with E-state index in [9.17, 15) is 4.79 Å². The maximum atomic E-state index is 11.1. The van der Waals surface area contributed by atoms with E-state index in [0.29, 0.717) is 6.54 Å². The minimum atomic E-state index is 0.0909. The van der Waals surface area contributed by atoms with Gasteiger partial charge in [0, 0.05) is 20.5 Å². The molecule has 16 heavy (non-hydrogen) atoms. The number of benzene rings is 2. The van der Waals surface area contributed by atoms with Gasteiger partial charge in [0.15, 0.2) is 0 Å². The van der Waals surface area contributed by atoms with Crippen molar-refractivity contribution in [3.63, 3.8) is 0 Å². The second-order valence-electron chi connectivity index (χ2n) is 4.06. The quantitative estimate of drug-likeness (QED) is 0.751. The van der Waals surface area contributed by atoms with Gasteiger partial charge in [0.2, 0.25) is 5.91 Å². The predicted octanol–water partition coefficient (Wildman–Crippen LogP) is 2.82. The van der Waals surface area contributed by atoms with Crippen LogP contribution >= 0.6 is 0 Å². The molecule has 0 atom stereocenters. The van der Waals surface area contributed by atoms with Gasteiger partial charge in [0.1, 0.15) is 0 Å². The first kappa shape index (κ1) is 10.7. The van der Waals surface area contributed by atoms with Crippen molar-refractivity contribution in [1.29, 1.82) is 0 Å². The number of rotatable bonds is 2. The largest absolute Gasteiger partial charge is 0.342 e. The van der Waals surface area contributed by atoms with Crippen molar-refractivity contribution in [2.24, 2.45) is 0 Å². The van der Waals surface area contributed by atoms with E-state index in [1.807, 2.05) is 19.2 Å². The number of hydrogen-bond acceptors (Lipinski definition) is 1. The fraction of sp³-hybridized carbons (Fsp3) is 0.214. The molecule has 0 spiro atoms. The average Bonchev–Trinajstić information content (AvgIpc) is 2.28. The molecule has 0 unspecified atom stereocenters. The van der Waals surface area contributed by atoms with Crippen LogP contribution in [-0.4, -0.2) is 17.9 Å².